The number of nitrogens with two attached hydrogens (primary N) is 3. The number of ether oxygens (including phenoxy) is 4. The quantitative estimate of drug-likeness (QED) is 0.0209. The molecule has 2 aliphatic rings. The van der Waals surface area contributed by atoms with Gasteiger partial charge in [-0.05, 0) is 109 Å². The van der Waals surface area contributed by atoms with Gasteiger partial charge < -0.3 is 76.4 Å². The van der Waals surface area contributed by atoms with Crippen LogP contribution in [0.5, 0.6) is 28.7 Å². The van der Waals surface area contributed by atoms with Crippen LogP contribution in [-0.4, -0.2) is 196 Å². The molecule has 4 atom stereocenters. The number of phenolic OH excluding ortho intramolecular Hbond substituents is 1. The van der Waals surface area contributed by atoms with Gasteiger partial charge in [-0.2, -0.15) is 11.8 Å². The van der Waals surface area contributed by atoms with E-state index in [-0.39, 0.29) is 133 Å². The van der Waals surface area contributed by atoms with Crippen molar-refractivity contribution in [1.82, 2.24) is 35.1 Å². The van der Waals surface area contributed by atoms with Crippen LogP contribution >= 0.6 is 11.8 Å². The van der Waals surface area contributed by atoms with Gasteiger partial charge in [0.1, 0.15) is 5.75 Å². The third-order valence-corrected chi connectivity index (χ3v) is 19.5. The van der Waals surface area contributed by atoms with Crippen molar-refractivity contribution in [2.45, 2.75) is 111 Å². The summed E-state index contributed by atoms with van der Waals surface area (Å²) in [5.74, 6) is -2.89. The Morgan fingerprint density at radius 1 is 0.588 bits per heavy atom. The molecular formula is C75H104N10O15S2. The predicted molar refractivity (Wildman–Crippen MR) is 392 cm³/mol. The minimum Gasteiger partial charge on any atom is -0.508 e. The molecule has 0 bridgehead atoms. The largest absolute Gasteiger partial charge is 0.508 e. The molecule has 556 valence electrons. The molecule has 4 aromatic carbocycles. The molecule has 4 aromatic rings. The van der Waals surface area contributed by atoms with Crippen molar-refractivity contribution in [2.75, 3.05) is 110 Å². The average molecular weight is 1450 g/mol. The zero-order valence-electron chi connectivity index (χ0n) is 60.2. The number of rotatable bonds is 44. The van der Waals surface area contributed by atoms with E-state index in [4.69, 9.17) is 36.1 Å². The second kappa shape index (κ2) is 41.4. The summed E-state index contributed by atoms with van der Waals surface area (Å²) in [5, 5.41) is 16.5. The van der Waals surface area contributed by atoms with E-state index in [9.17, 15) is 47.1 Å². The Hall–Kier alpha value is -8.76. The van der Waals surface area contributed by atoms with Crippen LogP contribution in [0.2, 0.25) is 0 Å². The number of hydrogen-bond donors (Lipinski definition) is 6. The van der Waals surface area contributed by atoms with Crippen molar-refractivity contribution in [3.63, 3.8) is 0 Å². The summed E-state index contributed by atoms with van der Waals surface area (Å²) in [5.41, 5.74) is 23.1. The number of amides is 7. The lowest BCUT2D eigenvalue weighted by Gasteiger charge is -2.29. The number of carbonyl (C=O) groups is 8. The zero-order chi connectivity index (χ0) is 74.5. The lowest BCUT2D eigenvalue weighted by molar-refractivity contribution is -0.142. The molecule has 0 aromatic heterocycles. The average Bonchev–Trinajstić information content (AvgIpc) is 1.47. The van der Waals surface area contributed by atoms with Crippen LogP contribution in [0.3, 0.4) is 0 Å². The molecule has 0 saturated heterocycles. The number of thioether (sulfide) groups is 1. The third-order valence-electron chi connectivity index (χ3n) is 17.6. The van der Waals surface area contributed by atoms with Crippen LogP contribution in [0.25, 0.3) is 0 Å². The smallest absolute Gasteiger partial charge is 0.242 e. The highest BCUT2D eigenvalue weighted by atomic mass is 32.2. The highest BCUT2D eigenvalue weighted by molar-refractivity contribution is 7.98. The molecule has 7 amide bonds. The Labute approximate surface area is 604 Å². The molecule has 1 unspecified atom stereocenters. The number of primary amides is 1. The molecule has 9 N–H and O–H groups in total. The molecule has 27 heteroatoms. The van der Waals surface area contributed by atoms with E-state index in [1.165, 1.54) is 38.6 Å². The summed E-state index contributed by atoms with van der Waals surface area (Å²) >= 11 is 1.37. The fourth-order valence-corrected chi connectivity index (χ4v) is 13.2. The monoisotopic (exact) mass is 1450 g/mol. The number of benzene rings is 4. The number of Topliss-reactive ketones (excluding diaryl/α,β-unsaturated/α-hetero) is 1. The van der Waals surface area contributed by atoms with Crippen molar-refractivity contribution in [3.8, 4) is 28.7 Å². The van der Waals surface area contributed by atoms with Crippen molar-refractivity contribution < 1.29 is 70.8 Å². The number of nitrogens with zero attached hydrogens (tertiary/aromatic N) is 5. The van der Waals surface area contributed by atoms with E-state index in [1.54, 1.807) is 60.6 Å². The maximum atomic E-state index is 15.1. The van der Waals surface area contributed by atoms with Gasteiger partial charge in [0.25, 0.3) is 0 Å². The molecule has 0 fully saturated rings. The third kappa shape index (κ3) is 26.2. The molecule has 6 rings (SSSR count). The fraction of sp³-hybridized carbons (Fsp3) is 0.493. The lowest BCUT2D eigenvalue weighted by Crippen LogP contribution is -2.47. The van der Waals surface area contributed by atoms with Gasteiger partial charge in [0.05, 0.1) is 48.2 Å². The molecular weight excluding hydrogens is 1350 g/mol. The van der Waals surface area contributed by atoms with Crippen LogP contribution in [0, 0.1) is 23.7 Å². The number of fused-ring (bicyclic) bond motifs is 2. The summed E-state index contributed by atoms with van der Waals surface area (Å²) in [6.07, 6.45) is 10.7. The summed E-state index contributed by atoms with van der Waals surface area (Å²) < 4.78 is 47.2. The van der Waals surface area contributed by atoms with E-state index in [0.717, 1.165) is 46.1 Å². The first-order valence-electron chi connectivity index (χ1n) is 34.8. The van der Waals surface area contributed by atoms with Crippen molar-refractivity contribution in [1.29, 1.82) is 0 Å². The van der Waals surface area contributed by atoms with Gasteiger partial charge in [-0.1, -0.05) is 113 Å². The molecule has 0 aliphatic carbocycles. The zero-order valence-corrected chi connectivity index (χ0v) is 61.9. The van der Waals surface area contributed by atoms with Gasteiger partial charge in [0, 0.05) is 103 Å². The van der Waals surface area contributed by atoms with Crippen molar-refractivity contribution in [3.05, 3.63) is 142 Å². The van der Waals surface area contributed by atoms with Crippen molar-refractivity contribution >= 4 is 68.7 Å². The SMILES string of the molecule is CC/C(=C\[C@H](C)C(=O)N(C/C(=C/[C@H](C)C(=O)N(CCc1ccc(O)cc1)C/C(=C/[C@H](C)C(=O)N(CC(=O)NCCCC(=O)N(CCN)CC(=O)N(CCN)CC(=O)CC(CSC)C(N)=O)Cc1ccc(S(C)(=O)=O)cc1)CC)CC)Cc1ccc2c(c1)OCO2)CNCc1ccc2c(c1)OCO2. The molecule has 0 spiro atoms. The summed E-state index contributed by atoms with van der Waals surface area (Å²) in [6, 6.07) is 24.3. The van der Waals surface area contributed by atoms with Crippen LogP contribution in [-0.2, 0) is 74.2 Å². The minimum absolute atomic E-state index is 0.0140. The van der Waals surface area contributed by atoms with Gasteiger partial charge in [-0.25, -0.2) is 8.42 Å². The highest BCUT2D eigenvalue weighted by Gasteiger charge is 2.29. The Morgan fingerprint density at radius 3 is 1.63 bits per heavy atom. The van der Waals surface area contributed by atoms with Gasteiger partial charge in [0.2, 0.25) is 54.9 Å². The Balaban J connectivity index is 1.18. The number of phenols is 1. The first kappa shape index (κ1) is 82.2. The van der Waals surface area contributed by atoms with Crippen LogP contribution in [0.1, 0.15) is 102 Å². The topological polar surface area (TPSA) is 346 Å². The van der Waals surface area contributed by atoms with Gasteiger partial charge in [0.15, 0.2) is 38.6 Å². The highest BCUT2D eigenvalue weighted by Crippen LogP contribution is 2.34. The molecule has 25 nitrogen and oxygen atoms in total. The first-order valence-corrected chi connectivity index (χ1v) is 38.1. The molecule has 0 radical (unpaired) electrons. The van der Waals surface area contributed by atoms with Gasteiger partial charge in [-0.3, -0.25) is 38.4 Å². The van der Waals surface area contributed by atoms with E-state index >= 15 is 4.79 Å². The summed E-state index contributed by atoms with van der Waals surface area (Å²) in [4.78, 5) is 118. The van der Waals surface area contributed by atoms with Gasteiger partial charge >= 0.3 is 0 Å². The van der Waals surface area contributed by atoms with Crippen LogP contribution in [0.15, 0.2) is 125 Å². The van der Waals surface area contributed by atoms with E-state index in [2.05, 4.69) is 17.6 Å². The first-order chi connectivity index (χ1) is 48.7. The number of hydrogen-bond acceptors (Lipinski definition) is 19. The fourth-order valence-electron chi connectivity index (χ4n) is 11.9. The van der Waals surface area contributed by atoms with Crippen LogP contribution in [0.4, 0.5) is 0 Å². The number of nitrogens with one attached hydrogen (secondary N) is 2. The Morgan fingerprint density at radius 2 is 1.08 bits per heavy atom. The second-order valence-electron chi connectivity index (χ2n) is 25.8. The number of aromatic hydroxyl groups is 1. The van der Waals surface area contributed by atoms with Crippen LogP contribution < -0.4 is 46.8 Å². The molecule has 2 heterocycles. The normalized spacial score (nSPS) is 13.9. The standard InChI is InChI=1S/C75H104N10O15S2/c1-9-54(39-79-40-59-18-24-65-67(36-59)99-49-97-65)33-51(4)74(93)84(44-60-19-25-66-68(37-60)100-50-98-66)42-56(11-3)34-52(5)73(92)83(30-26-57-14-20-62(86)21-15-57)41-55(10-2)35-53(6)75(94)85(43-58-16-22-64(23-17-58)102(8,95)96)46-69(88)80-29-12-13-70(89)82(32-28-77)47-71(90)81(31-27-76)45-63(87)38-61(48-101-7)72(78)91/h14-25,33-37,51-53,61,79,86H,9-13,26-32,38-50,76-77H2,1-8H3,(H2,78,91)(H,80,88)/b54-33+,55-35+,56-34+/t51-,52-,53-,61?/m0/s1. The van der Waals surface area contributed by atoms with E-state index in [0.29, 0.717) is 66.7 Å². The van der Waals surface area contributed by atoms with E-state index < -0.39 is 76.1 Å². The lowest BCUT2D eigenvalue weighted by atomic mass is 9.99. The molecule has 0 saturated carbocycles. The summed E-state index contributed by atoms with van der Waals surface area (Å²) in [6.45, 7) is 12.7. The number of ketones is 1. The molecule has 102 heavy (non-hydrogen) atoms. The maximum absolute atomic E-state index is 15.1. The van der Waals surface area contributed by atoms with Gasteiger partial charge in [-0.15, -0.1) is 0 Å². The predicted octanol–water partition coefficient (Wildman–Crippen LogP) is 6.28. The Kier molecular flexibility index (Phi) is 33.3. The minimum atomic E-state index is -3.56. The maximum Gasteiger partial charge on any atom is 0.242 e. The number of sulfone groups is 1. The summed E-state index contributed by atoms with van der Waals surface area (Å²) in [7, 11) is -3.56. The second-order valence-corrected chi connectivity index (χ2v) is 28.7. The Bertz CT molecular complexity index is 3720. The van der Waals surface area contributed by atoms with Crippen molar-refractivity contribution in [2.24, 2.45) is 40.9 Å². The number of carbonyl (C=O) groups excluding carboxylic acids is 8. The molecule has 2 aliphatic heterocycles. The van der Waals surface area contributed by atoms with E-state index in [1.807, 2.05) is 81.1 Å².